The third kappa shape index (κ3) is 3.34. The number of halogens is 1. The number of H-pyrrole nitrogens is 1. The van der Waals surface area contributed by atoms with E-state index in [4.69, 9.17) is 11.6 Å². The second-order valence-electron chi connectivity index (χ2n) is 5.60. The van der Waals surface area contributed by atoms with Crippen LogP contribution in [0.15, 0.2) is 48.7 Å². The molecule has 1 amide bonds. The Kier molecular flexibility index (Phi) is 4.72. The van der Waals surface area contributed by atoms with Gasteiger partial charge in [0.25, 0.3) is 11.6 Å². The van der Waals surface area contributed by atoms with Crippen LogP contribution in [0.5, 0.6) is 0 Å². The molecule has 25 heavy (non-hydrogen) atoms. The number of rotatable bonds is 5. The van der Waals surface area contributed by atoms with Crippen LogP contribution in [0.4, 0.5) is 5.69 Å². The summed E-state index contributed by atoms with van der Waals surface area (Å²) in [6.45, 7) is 2.74. The molecule has 128 valence electrons. The summed E-state index contributed by atoms with van der Waals surface area (Å²) >= 11 is 6.19. The second kappa shape index (κ2) is 6.94. The number of nitro benzene ring substituents is 1. The van der Waals surface area contributed by atoms with Gasteiger partial charge in [-0.05, 0) is 24.6 Å². The fraction of sp³-hybridized carbons (Fsp3) is 0.167. The number of benzene rings is 2. The summed E-state index contributed by atoms with van der Waals surface area (Å²) in [6, 6.07) is 11.8. The first kappa shape index (κ1) is 17.0. The van der Waals surface area contributed by atoms with Crippen molar-refractivity contribution in [3.05, 3.63) is 74.9 Å². The summed E-state index contributed by atoms with van der Waals surface area (Å²) in [6.07, 6.45) is 1.59. The first-order valence-electron chi connectivity index (χ1n) is 7.79. The van der Waals surface area contributed by atoms with E-state index >= 15 is 0 Å². The minimum Gasteiger partial charge on any atom is -0.360 e. The fourth-order valence-corrected chi connectivity index (χ4v) is 2.92. The Morgan fingerprint density at radius 1 is 1.28 bits per heavy atom. The predicted molar refractivity (Wildman–Crippen MR) is 96.8 cm³/mol. The lowest BCUT2D eigenvalue weighted by molar-refractivity contribution is -0.384. The quantitative estimate of drug-likeness (QED) is 0.543. The number of hydrogen-bond acceptors (Lipinski definition) is 3. The van der Waals surface area contributed by atoms with Gasteiger partial charge in [0.1, 0.15) is 0 Å². The van der Waals surface area contributed by atoms with Gasteiger partial charge in [-0.1, -0.05) is 29.8 Å². The van der Waals surface area contributed by atoms with Crippen molar-refractivity contribution in [3.63, 3.8) is 0 Å². The van der Waals surface area contributed by atoms with Gasteiger partial charge in [-0.25, -0.2) is 0 Å². The Bertz CT molecular complexity index is 952. The molecule has 3 aromatic rings. The van der Waals surface area contributed by atoms with Gasteiger partial charge < -0.3 is 9.88 Å². The maximum Gasteiger partial charge on any atom is 0.270 e. The maximum absolute atomic E-state index is 12.9. The van der Waals surface area contributed by atoms with Crippen molar-refractivity contribution in [1.29, 1.82) is 0 Å². The van der Waals surface area contributed by atoms with Crippen molar-refractivity contribution in [1.82, 2.24) is 9.88 Å². The summed E-state index contributed by atoms with van der Waals surface area (Å²) < 4.78 is 0. The average Bonchev–Trinajstić information content (AvgIpc) is 3.03. The summed E-state index contributed by atoms with van der Waals surface area (Å²) in [5, 5.41) is 12.1. The smallest absolute Gasteiger partial charge is 0.270 e. The third-order valence-corrected chi connectivity index (χ3v) is 4.46. The Labute approximate surface area is 149 Å². The van der Waals surface area contributed by atoms with Gasteiger partial charge in [-0.15, -0.1) is 0 Å². The number of hydrogen-bond donors (Lipinski definition) is 1. The molecule has 0 aliphatic rings. The Morgan fingerprint density at radius 2 is 2.04 bits per heavy atom. The number of non-ortho nitro benzene ring substituents is 1. The molecule has 0 saturated carbocycles. The Balaban J connectivity index is 1.95. The number of carbonyl (C=O) groups excluding carboxylic acids is 1. The van der Waals surface area contributed by atoms with Gasteiger partial charge in [0.15, 0.2) is 0 Å². The van der Waals surface area contributed by atoms with Crippen LogP contribution in [-0.4, -0.2) is 27.3 Å². The van der Waals surface area contributed by atoms with Crippen LogP contribution in [-0.2, 0) is 6.54 Å². The number of carbonyl (C=O) groups is 1. The Hall–Kier alpha value is -2.86. The topological polar surface area (TPSA) is 79.2 Å². The van der Waals surface area contributed by atoms with E-state index in [-0.39, 0.29) is 11.6 Å². The SMILES string of the molecule is CCN(Cc1ccccc1Cl)C(=O)c1c[nH]c2ccc([N+](=O)[O-])cc12. The van der Waals surface area contributed by atoms with Crippen molar-refractivity contribution < 1.29 is 9.72 Å². The lowest BCUT2D eigenvalue weighted by Crippen LogP contribution is -2.30. The molecule has 0 aliphatic heterocycles. The highest BCUT2D eigenvalue weighted by atomic mass is 35.5. The van der Waals surface area contributed by atoms with E-state index in [9.17, 15) is 14.9 Å². The molecule has 0 unspecified atom stereocenters. The number of aromatic nitrogens is 1. The summed E-state index contributed by atoms with van der Waals surface area (Å²) in [7, 11) is 0. The number of nitro groups is 1. The molecule has 0 bridgehead atoms. The van der Waals surface area contributed by atoms with Crippen molar-refractivity contribution in [2.24, 2.45) is 0 Å². The van der Waals surface area contributed by atoms with Crippen LogP contribution < -0.4 is 0 Å². The zero-order chi connectivity index (χ0) is 18.0. The second-order valence-corrected chi connectivity index (χ2v) is 6.01. The molecule has 7 heteroatoms. The zero-order valence-electron chi connectivity index (χ0n) is 13.5. The van der Waals surface area contributed by atoms with Gasteiger partial charge in [0, 0.05) is 47.3 Å². The van der Waals surface area contributed by atoms with Crippen LogP contribution in [0.1, 0.15) is 22.8 Å². The van der Waals surface area contributed by atoms with Gasteiger partial charge in [-0.3, -0.25) is 14.9 Å². The van der Waals surface area contributed by atoms with E-state index in [0.29, 0.717) is 34.6 Å². The molecule has 0 atom stereocenters. The van der Waals surface area contributed by atoms with E-state index in [1.807, 2.05) is 25.1 Å². The van der Waals surface area contributed by atoms with Gasteiger partial charge in [-0.2, -0.15) is 0 Å². The number of fused-ring (bicyclic) bond motifs is 1. The van der Waals surface area contributed by atoms with E-state index in [1.54, 1.807) is 23.2 Å². The van der Waals surface area contributed by atoms with Crippen molar-refractivity contribution in [2.75, 3.05) is 6.54 Å². The number of amides is 1. The minimum absolute atomic E-state index is 0.0460. The summed E-state index contributed by atoms with van der Waals surface area (Å²) in [4.78, 5) is 28.1. The zero-order valence-corrected chi connectivity index (χ0v) is 14.3. The first-order chi connectivity index (χ1) is 12.0. The molecular weight excluding hydrogens is 342 g/mol. The average molecular weight is 358 g/mol. The molecule has 6 nitrogen and oxygen atoms in total. The van der Waals surface area contributed by atoms with Crippen LogP contribution in [0.2, 0.25) is 5.02 Å². The maximum atomic E-state index is 12.9. The number of aromatic amines is 1. The monoisotopic (exact) mass is 357 g/mol. The lowest BCUT2D eigenvalue weighted by atomic mass is 10.1. The largest absolute Gasteiger partial charge is 0.360 e. The molecule has 0 saturated heterocycles. The summed E-state index contributed by atoms with van der Waals surface area (Å²) in [5.41, 5.74) is 1.90. The normalized spacial score (nSPS) is 10.8. The van der Waals surface area contributed by atoms with E-state index in [2.05, 4.69) is 4.98 Å². The van der Waals surface area contributed by atoms with Crippen LogP contribution in [0.3, 0.4) is 0 Å². The van der Waals surface area contributed by atoms with Gasteiger partial charge >= 0.3 is 0 Å². The minimum atomic E-state index is -0.470. The molecule has 1 aromatic heterocycles. The molecule has 1 N–H and O–H groups in total. The first-order valence-corrected chi connectivity index (χ1v) is 8.17. The molecule has 1 heterocycles. The Morgan fingerprint density at radius 3 is 2.72 bits per heavy atom. The van der Waals surface area contributed by atoms with Gasteiger partial charge in [0.2, 0.25) is 0 Å². The summed E-state index contributed by atoms with van der Waals surface area (Å²) in [5.74, 6) is -0.200. The van der Waals surface area contributed by atoms with Crippen LogP contribution in [0, 0.1) is 10.1 Å². The fourth-order valence-electron chi connectivity index (χ4n) is 2.73. The highest BCUT2D eigenvalue weighted by Crippen LogP contribution is 2.25. The van der Waals surface area contributed by atoms with Gasteiger partial charge in [0.05, 0.1) is 10.5 Å². The van der Waals surface area contributed by atoms with Crippen molar-refractivity contribution >= 4 is 34.1 Å². The van der Waals surface area contributed by atoms with E-state index in [0.717, 1.165) is 5.56 Å². The predicted octanol–water partition coefficient (Wildman–Crippen LogP) is 4.39. The highest BCUT2D eigenvalue weighted by molar-refractivity contribution is 6.31. The number of nitrogens with one attached hydrogen (secondary N) is 1. The highest BCUT2D eigenvalue weighted by Gasteiger charge is 2.20. The molecule has 0 fully saturated rings. The molecule has 0 aliphatic carbocycles. The molecule has 3 rings (SSSR count). The molecule has 2 aromatic carbocycles. The molecule has 0 spiro atoms. The van der Waals surface area contributed by atoms with Crippen LogP contribution >= 0.6 is 11.6 Å². The van der Waals surface area contributed by atoms with E-state index in [1.165, 1.54) is 12.1 Å². The molecule has 0 radical (unpaired) electrons. The van der Waals surface area contributed by atoms with E-state index < -0.39 is 4.92 Å². The van der Waals surface area contributed by atoms with Crippen molar-refractivity contribution in [3.8, 4) is 0 Å². The number of nitrogens with zero attached hydrogens (tertiary/aromatic N) is 2. The van der Waals surface area contributed by atoms with Crippen molar-refractivity contribution in [2.45, 2.75) is 13.5 Å². The standard InChI is InChI=1S/C18H16ClN3O3/c1-2-21(11-12-5-3-4-6-16(12)19)18(23)15-10-20-17-8-7-13(22(24)25)9-14(15)17/h3-10,20H,2,11H2,1H3. The lowest BCUT2D eigenvalue weighted by Gasteiger charge is -2.21. The molecular formula is C18H16ClN3O3. The third-order valence-electron chi connectivity index (χ3n) is 4.09. The van der Waals surface area contributed by atoms with Crippen LogP contribution in [0.25, 0.3) is 10.9 Å².